The Hall–Kier alpha value is -5.11. The fourth-order valence-electron chi connectivity index (χ4n) is 8.37. The third-order valence-corrected chi connectivity index (χ3v) is 11.0. The van der Waals surface area contributed by atoms with Gasteiger partial charge in [-0.1, -0.05) is 70.8 Å². The van der Waals surface area contributed by atoms with E-state index in [1.54, 1.807) is 0 Å². The Balaban J connectivity index is -0.000000144. The summed E-state index contributed by atoms with van der Waals surface area (Å²) in [5, 5.41) is 56.1. The molecule has 0 bridgehead atoms. The molecule has 106 heavy (non-hydrogen) atoms. The minimum Gasteiger partial charge on any atom is -1.00 e. The van der Waals surface area contributed by atoms with Crippen LogP contribution in [-0.4, -0.2) is 102 Å². The number of halogens is 10. The van der Waals surface area contributed by atoms with Gasteiger partial charge in [0, 0.05) is 46.6 Å². The minimum atomic E-state index is -1.08. The maximum absolute atomic E-state index is 8.89. The second kappa shape index (κ2) is 71.5. The van der Waals surface area contributed by atoms with Gasteiger partial charge in [-0.05, 0) is 218 Å². The molecule has 0 unspecified atom stereocenters. The molecule has 0 aliphatic rings. The number of hydrogen-bond donors (Lipinski definition) is 0. The van der Waals surface area contributed by atoms with Crippen LogP contribution in [0.15, 0.2) is 117 Å². The first-order valence-electron chi connectivity index (χ1n) is 29.2. The summed E-state index contributed by atoms with van der Waals surface area (Å²) in [6, 6.07) is 33.2. The van der Waals surface area contributed by atoms with Gasteiger partial charge in [0.2, 0.25) is 0 Å². The summed E-state index contributed by atoms with van der Waals surface area (Å²) in [5.74, 6) is -6.50. The summed E-state index contributed by atoms with van der Waals surface area (Å²) < 4.78 is 0. The van der Waals surface area contributed by atoms with Crippen LogP contribution in [0.25, 0.3) is 22.1 Å². The van der Waals surface area contributed by atoms with E-state index >= 15 is 0 Å². The molecule has 20 nitrogen and oxygen atoms in total. The number of carbonyl (C=O) groups is 6. The molecule has 0 spiro atoms. The third-order valence-electron chi connectivity index (χ3n) is 11.0. The molecule has 0 fully saturated rings. The first kappa shape index (κ1) is 122. The number of carboxylic acid groups (broad SMARTS) is 6. The fraction of sp³-hybridized carbons (Fsp3) is 0.306. The molecule has 584 valence electrons. The zero-order valence-corrected chi connectivity index (χ0v) is 75.6. The predicted molar refractivity (Wildman–Crippen MR) is 401 cm³/mol. The largest absolute Gasteiger partial charge is 2.00 e. The van der Waals surface area contributed by atoms with Crippen molar-refractivity contribution < 1.29 is 162 Å². The molecule has 0 aliphatic heterocycles. The number of fused-ring (bicyclic) bond motifs is 2. The molecule has 0 aliphatic carbocycles. The number of carbonyl (C=O) groups excluding carboxylic acids is 6. The van der Waals surface area contributed by atoms with Gasteiger partial charge in [-0.15, -0.1) is 92.8 Å². The molecule has 0 N–H and O–H groups in total. The quantitative estimate of drug-likeness (QED) is 0.0930. The molecule has 4 heterocycles. The smallest absolute Gasteiger partial charge is 1.00 e. The topological polar surface area (TPSA) is 342 Å². The number of aliphatic imine (C=N–C) groups is 4. The number of aromatic nitrogens is 4. The number of hydrogen-bond acceptors (Lipinski definition) is 20. The van der Waals surface area contributed by atoms with Crippen molar-refractivity contribution in [1.82, 2.24) is 19.9 Å². The van der Waals surface area contributed by atoms with E-state index in [4.69, 9.17) is 192 Å². The van der Waals surface area contributed by atoms with Crippen molar-refractivity contribution >= 4 is 198 Å². The van der Waals surface area contributed by atoms with Crippen molar-refractivity contribution in [3.05, 3.63) is 187 Å². The fourth-order valence-corrected chi connectivity index (χ4v) is 8.37. The van der Waals surface area contributed by atoms with Crippen molar-refractivity contribution in [3.63, 3.8) is 0 Å². The molecule has 0 saturated heterocycles. The molecule has 0 amide bonds. The van der Waals surface area contributed by atoms with Crippen LogP contribution >= 0.6 is 92.8 Å². The Morgan fingerprint density at radius 1 is 0.292 bits per heavy atom. The monoisotopic (exact) mass is 2010 g/mol. The van der Waals surface area contributed by atoms with E-state index in [1.165, 1.54) is 22.3 Å². The predicted octanol–water partition coefficient (Wildman–Crippen LogP) is 6.18. The summed E-state index contributed by atoms with van der Waals surface area (Å²) in [6.45, 7) is 31.0. The Morgan fingerprint density at radius 3 is 0.519 bits per heavy atom. The third kappa shape index (κ3) is 62.8. The number of pyridine rings is 4. The Labute approximate surface area is 725 Å². The van der Waals surface area contributed by atoms with Gasteiger partial charge in [0.1, 0.15) is 0 Å². The summed E-state index contributed by atoms with van der Waals surface area (Å²) in [6.07, 6.45) is 7.24. The Morgan fingerprint density at radius 2 is 0.406 bits per heavy atom. The van der Waals surface area contributed by atoms with Crippen molar-refractivity contribution in [2.45, 2.75) is 125 Å². The van der Waals surface area contributed by atoms with Gasteiger partial charge in [-0.2, -0.15) is 0 Å². The summed E-state index contributed by atoms with van der Waals surface area (Å²) in [7, 11) is 0. The van der Waals surface area contributed by atoms with Crippen LogP contribution in [0.4, 0.5) is 22.7 Å². The minimum absolute atomic E-state index is 0. The van der Waals surface area contributed by atoms with Gasteiger partial charge in [0.05, 0.1) is 91.7 Å². The van der Waals surface area contributed by atoms with E-state index in [0.717, 1.165) is 142 Å². The van der Waals surface area contributed by atoms with E-state index in [2.05, 4.69) is 132 Å². The Kier molecular flexibility index (Phi) is 82.2. The molecule has 0 radical (unpaired) electrons. The van der Waals surface area contributed by atoms with Crippen molar-refractivity contribution in [1.29, 1.82) is 0 Å². The molecule has 4 aromatic heterocycles. The number of aliphatic carboxylic acids is 6. The average molecular weight is 2010 g/mol. The van der Waals surface area contributed by atoms with Gasteiger partial charge in [0.25, 0.3) is 0 Å². The molecule has 4 aromatic carbocycles. The number of carboxylic acids is 6. The van der Waals surface area contributed by atoms with Crippen molar-refractivity contribution in [2.75, 3.05) is 21.4 Å². The van der Waals surface area contributed by atoms with Crippen molar-refractivity contribution in [2.24, 2.45) is 20.0 Å². The van der Waals surface area contributed by atoms with Crippen LogP contribution in [0.1, 0.15) is 131 Å². The number of benzene rings is 4. The van der Waals surface area contributed by atoms with Gasteiger partial charge >= 0.3 is 77.9 Å². The summed E-state index contributed by atoms with van der Waals surface area (Å²) in [4.78, 5) is 91.0. The molecule has 34 heteroatoms. The average Bonchev–Trinajstić information content (AvgIpc) is 0.812. The second-order valence-electron chi connectivity index (χ2n) is 20.4. The maximum atomic E-state index is 8.89. The van der Waals surface area contributed by atoms with E-state index < -0.39 is 35.8 Å². The zero-order valence-electron chi connectivity index (χ0n) is 61.0. The number of rotatable bonds is 8. The Bertz CT molecular complexity index is 3400. The van der Waals surface area contributed by atoms with Crippen LogP contribution in [0.2, 0.25) is 0 Å². The molecular formula is C72H82Cl10N8O12Ru4. The summed E-state index contributed by atoms with van der Waals surface area (Å²) >= 11 is 38.1. The maximum Gasteiger partial charge on any atom is 2.00 e. The number of alkyl halides is 8. The van der Waals surface area contributed by atoms with Gasteiger partial charge in [-0.3, -0.25) is 20.0 Å². The van der Waals surface area contributed by atoms with Crippen LogP contribution in [0, 0.1) is 83.1 Å². The van der Waals surface area contributed by atoms with Crippen molar-refractivity contribution in [3.8, 4) is 0 Å². The standard InChI is InChI=1S/2C28H28N4.6C2H4O2.4CH2Cl2.2ClH.4Ru/c2*1-17-11-19(3)26(20(4)12-17)29-15-24-9-7-23-8-10-25(32-28(23)31-24)16-30-27-21(5)13-18(2)14-22(27)6;6*1-2(3)4;4*2-1-3;;;;;;/h2*7-16H,1-6H3;6*1H3,(H,3,4);4*1H2;2*1H;;;;/q;;;;;;;;;;;;;;4*+2/p-8. The second-order valence-corrected chi connectivity index (χ2v) is 23.6. The first-order valence-corrected chi connectivity index (χ1v) is 33.5. The van der Waals surface area contributed by atoms with E-state index in [-0.39, 0.29) is 124 Å². The summed E-state index contributed by atoms with van der Waals surface area (Å²) in [5.41, 5.74) is 22.8. The first-order chi connectivity index (χ1) is 46.6. The van der Waals surface area contributed by atoms with E-state index in [0.29, 0.717) is 11.3 Å². The number of aryl methyl sites for hydroxylation is 12. The molecule has 0 atom stereocenters. The molecular weight excluding hydrogens is 1930 g/mol. The van der Waals surface area contributed by atoms with Gasteiger partial charge < -0.3 is 84.2 Å². The molecule has 0 saturated carbocycles. The van der Waals surface area contributed by atoms with Crippen LogP contribution in [-0.2, 0) is 107 Å². The van der Waals surface area contributed by atoms with Crippen LogP contribution in [0.5, 0.6) is 0 Å². The van der Waals surface area contributed by atoms with E-state index in [1.807, 2.05) is 73.4 Å². The van der Waals surface area contributed by atoms with Gasteiger partial charge in [-0.25, -0.2) is 19.9 Å². The van der Waals surface area contributed by atoms with Crippen LogP contribution < -0.4 is 55.5 Å². The molecule has 8 rings (SSSR count). The molecule has 8 aromatic rings. The zero-order chi connectivity index (χ0) is 77.9. The number of nitrogens with zero attached hydrogens (tertiary/aromatic N) is 8. The SMILES string of the molecule is CC(=O)[O-].CC(=O)[O-].CC(=O)[O-].CC(=O)[O-].CC(=O)[O-].CC(=O)[O-].Cc1cc(C)c(N=Cc2ccc3ccc(C=Nc4c(C)cc(C)cc4C)nc3n2)c(C)c1.Cc1cc(C)c(N=Cc2ccc3ccc(C=Nc4c(C)cc(C)cc4C)nc3n2)c(C)c1.ClCCl.ClCCl.ClCCl.ClCCl.[Cl-].[Cl-].[Ru+2].[Ru+2].[Ru+2].[Ru+2]. The van der Waals surface area contributed by atoms with Crippen LogP contribution in [0.3, 0.4) is 0 Å². The van der Waals surface area contributed by atoms with Gasteiger partial charge in [0.15, 0.2) is 11.3 Å². The van der Waals surface area contributed by atoms with E-state index in [9.17, 15) is 0 Å². The normalized spacial score (nSPS) is 9.23.